The Morgan fingerprint density at radius 3 is 1.48 bits per heavy atom. The number of carbonyl (C=O) groups is 1. The number of aliphatic hydroxyl groups excluding tert-OH is 2. The van der Waals surface area contributed by atoms with Gasteiger partial charge in [0.25, 0.3) is 0 Å². The number of hydrogen-bond acceptors (Lipinski definition) is 3. The molecular weight excluding hydrogens is 566 g/mol. The van der Waals surface area contributed by atoms with Crippen molar-refractivity contribution in [2.24, 2.45) is 0 Å². The Labute approximate surface area is 284 Å². The number of unbranched alkanes of at least 4 members (excludes halogenated alkanes) is 14. The van der Waals surface area contributed by atoms with Gasteiger partial charge in [-0.05, 0) is 57.8 Å². The largest absolute Gasteiger partial charge is 0.394 e. The molecule has 0 spiro atoms. The van der Waals surface area contributed by atoms with Crippen LogP contribution in [-0.4, -0.2) is 34.9 Å². The molecule has 0 aliphatic heterocycles. The van der Waals surface area contributed by atoms with E-state index in [-0.39, 0.29) is 18.9 Å². The van der Waals surface area contributed by atoms with Gasteiger partial charge >= 0.3 is 0 Å². The van der Waals surface area contributed by atoms with Gasteiger partial charge in [-0.25, -0.2) is 0 Å². The maximum Gasteiger partial charge on any atom is 0.224 e. The summed E-state index contributed by atoms with van der Waals surface area (Å²) in [6.07, 6.45) is 54.1. The van der Waals surface area contributed by atoms with Crippen molar-refractivity contribution in [3.05, 3.63) is 85.1 Å². The molecule has 0 aromatic carbocycles. The lowest BCUT2D eigenvalue weighted by atomic mass is 10.0. The number of aliphatic hydroxyl groups is 2. The van der Waals surface area contributed by atoms with Gasteiger partial charge in [0, 0.05) is 6.42 Å². The van der Waals surface area contributed by atoms with Crippen LogP contribution in [-0.2, 0) is 4.79 Å². The van der Waals surface area contributed by atoms with Gasteiger partial charge in [-0.3, -0.25) is 4.79 Å². The first-order chi connectivity index (χ1) is 22.7. The highest BCUT2D eigenvalue weighted by molar-refractivity contribution is 5.77. The van der Waals surface area contributed by atoms with Crippen LogP contribution in [0.3, 0.4) is 0 Å². The van der Waals surface area contributed by atoms with E-state index in [0.29, 0.717) is 0 Å². The second-order valence-electron chi connectivity index (χ2n) is 12.3. The molecule has 0 saturated heterocycles. The van der Waals surface area contributed by atoms with E-state index in [2.05, 4.69) is 79.9 Å². The third-order valence-electron chi connectivity index (χ3n) is 7.89. The standard InChI is InChI=1S/C42H71NO3/c1-3-5-7-9-11-13-15-17-19-20-21-22-24-25-27-29-31-33-35-37-41(45)40(39-44)43-42(46)38-36-34-32-30-28-26-23-18-16-14-12-10-8-6-4-2/h6,8,12,14,18,23,27-30,34-37,40-41,44-45H,3-5,7,9-11,13,15-17,19-22,24-26,31-33,38-39H2,1-2H3,(H,43,46)/b8-6-,14-12-,23-18-,29-27+,30-28-,36-34-,37-35+. The van der Waals surface area contributed by atoms with Crippen LogP contribution in [0.15, 0.2) is 85.1 Å². The molecular formula is C42H71NO3. The number of hydrogen-bond donors (Lipinski definition) is 3. The second-order valence-corrected chi connectivity index (χ2v) is 12.3. The summed E-state index contributed by atoms with van der Waals surface area (Å²) in [4.78, 5) is 12.2. The number of amides is 1. The van der Waals surface area contributed by atoms with Crippen molar-refractivity contribution in [1.82, 2.24) is 5.32 Å². The summed E-state index contributed by atoms with van der Waals surface area (Å²) < 4.78 is 0. The molecule has 0 heterocycles. The molecule has 4 nitrogen and oxygen atoms in total. The van der Waals surface area contributed by atoms with Crippen molar-refractivity contribution in [3.63, 3.8) is 0 Å². The molecule has 1 amide bonds. The number of carbonyl (C=O) groups excluding carboxylic acids is 1. The SMILES string of the molecule is CC/C=C\C/C=C\C/C=C\C/C=C\C/C=C\CC(=O)NC(CO)C(O)/C=C/CC/C=C/CCCCCCCCCCCCCCC. The number of nitrogens with one attached hydrogen (secondary N) is 1. The number of allylic oxidation sites excluding steroid dienone is 12. The van der Waals surface area contributed by atoms with Crippen LogP contribution < -0.4 is 5.32 Å². The summed E-state index contributed by atoms with van der Waals surface area (Å²) in [5.41, 5.74) is 0. The predicted octanol–water partition coefficient (Wildman–Crippen LogP) is 11.3. The van der Waals surface area contributed by atoms with Crippen molar-refractivity contribution >= 4 is 5.91 Å². The Morgan fingerprint density at radius 2 is 0.978 bits per heavy atom. The van der Waals surface area contributed by atoms with Gasteiger partial charge in [-0.2, -0.15) is 0 Å². The van der Waals surface area contributed by atoms with Crippen LogP contribution in [0.25, 0.3) is 0 Å². The quantitative estimate of drug-likeness (QED) is 0.0508. The highest BCUT2D eigenvalue weighted by atomic mass is 16.3. The van der Waals surface area contributed by atoms with Crippen LogP contribution in [0, 0.1) is 0 Å². The molecule has 0 fully saturated rings. The second kappa shape index (κ2) is 37.0. The molecule has 2 atom stereocenters. The lowest BCUT2D eigenvalue weighted by Gasteiger charge is -2.19. The average Bonchev–Trinajstić information content (AvgIpc) is 3.06. The van der Waals surface area contributed by atoms with Crippen molar-refractivity contribution in [3.8, 4) is 0 Å². The average molecular weight is 638 g/mol. The van der Waals surface area contributed by atoms with E-state index >= 15 is 0 Å². The van der Waals surface area contributed by atoms with Crippen LogP contribution in [0.5, 0.6) is 0 Å². The Kier molecular flexibility index (Phi) is 35.1. The summed E-state index contributed by atoms with van der Waals surface area (Å²) in [5, 5.41) is 22.8. The molecule has 0 saturated carbocycles. The van der Waals surface area contributed by atoms with Gasteiger partial charge in [-0.15, -0.1) is 0 Å². The van der Waals surface area contributed by atoms with E-state index in [1.807, 2.05) is 18.2 Å². The van der Waals surface area contributed by atoms with Crippen LogP contribution in [0.2, 0.25) is 0 Å². The lowest BCUT2D eigenvalue weighted by molar-refractivity contribution is -0.122. The van der Waals surface area contributed by atoms with Crippen molar-refractivity contribution in [2.45, 2.75) is 167 Å². The van der Waals surface area contributed by atoms with Gasteiger partial charge < -0.3 is 15.5 Å². The Morgan fingerprint density at radius 1 is 0.543 bits per heavy atom. The minimum Gasteiger partial charge on any atom is -0.394 e. The topological polar surface area (TPSA) is 69.6 Å². The molecule has 0 bridgehead atoms. The van der Waals surface area contributed by atoms with E-state index < -0.39 is 12.1 Å². The minimum atomic E-state index is -0.905. The fourth-order valence-electron chi connectivity index (χ4n) is 5.02. The Balaban J connectivity index is 3.82. The summed E-state index contributed by atoms with van der Waals surface area (Å²) >= 11 is 0. The van der Waals surface area contributed by atoms with E-state index in [0.717, 1.165) is 51.4 Å². The van der Waals surface area contributed by atoms with Crippen molar-refractivity contribution < 1.29 is 15.0 Å². The van der Waals surface area contributed by atoms with Gasteiger partial charge in [0.1, 0.15) is 0 Å². The van der Waals surface area contributed by atoms with E-state index in [9.17, 15) is 15.0 Å². The summed E-state index contributed by atoms with van der Waals surface area (Å²) in [5.74, 6) is -0.205. The zero-order valence-electron chi connectivity index (χ0n) is 29.8. The molecule has 0 aromatic heterocycles. The van der Waals surface area contributed by atoms with Crippen molar-refractivity contribution in [1.29, 1.82) is 0 Å². The third-order valence-corrected chi connectivity index (χ3v) is 7.89. The zero-order valence-corrected chi connectivity index (χ0v) is 29.8. The van der Waals surface area contributed by atoms with Crippen LogP contribution >= 0.6 is 0 Å². The molecule has 262 valence electrons. The molecule has 0 aromatic rings. The first-order valence-corrected chi connectivity index (χ1v) is 18.8. The van der Waals surface area contributed by atoms with Crippen molar-refractivity contribution in [2.75, 3.05) is 6.61 Å². The van der Waals surface area contributed by atoms with Crippen LogP contribution in [0.1, 0.15) is 155 Å². The Hall–Kier alpha value is -2.43. The summed E-state index contributed by atoms with van der Waals surface area (Å²) in [7, 11) is 0. The monoisotopic (exact) mass is 638 g/mol. The smallest absolute Gasteiger partial charge is 0.224 e. The third kappa shape index (κ3) is 32.9. The molecule has 46 heavy (non-hydrogen) atoms. The fourth-order valence-corrected chi connectivity index (χ4v) is 5.02. The lowest BCUT2D eigenvalue weighted by Crippen LogP contribution is -2.44. The molecule has 3 N–H and O–H groups in total. The Bertz CT molecular complexity index is 864. The van der Waals surface area contributed by atoms with E-state index in [1.54, 1.807) is 6.08 Å². The predicted molar refractivity (Wildman–Crippen MR) is 202 cm³/mol. The minimum absolute atomic E-state index is 0.205. The molecule has 4 heteroatoms. The maximum atomic E-state index is 12.2. The summed E-state index contributed by atoms with van der Waals surface area (Å²) in [6.45, 7) is 4.12. The summed E-state index contributed by atoms with van der Waals surface area (Å²) in [6, 6.07) is -0.697. The van der Waals surface area contributed by atoms with Gasteiger partial charge in [0.15, 0.2) is 0 Å². The zero-order chi connectivity index (χ0) is 33.6. The molecule has 2 unspecified atom stereocenters. The molecule has 0 aliphatic carbocycles. The van der Waals surface area contributed by atoms with Crippen LogP contribution in [0.4, 0.5) is 0 Å². The van der Waals surface area contributed by atoms with E-state index in [1.165, 1.54) is 83.5 Å². The van der Waals surface area contributed by atoms with Gasteiger partial charge in [-0.1, -0.05) is 176 Å². The first kappa shape index (κ1) is 43.6. The fraction of sp³-hybridized carbons (Fsp3) is 0.643. The first-order valence-electron chi connectivity index (χ1n) is 18.8. The molecule has 0 aliphatic rings. The normalized spacial score (nSPS) is 14.1. The number of rotatable bonds is 32. The van der Waals surface area contributed by atoms with Gasteiger partial charge in [0.2, 0.25) is 5.91 Å². The molecule has 0 rings (SSSR count). The molecule has 0 radical (unpaired) electrons. The van der Waals surface area contributed by atoms with E-state index in [4.69, 9.17) is 0 Å². The highest BCUT2D eigenvalue weighted by Gasteiger charge is 2.17. The highest BCUT2D eigenvalue weighted by Crippen LogP contribution is 2.13. The maximum absolute atomic E-state index is 12.2. The van der Waals surface area contributed by atoms with Gasteiger partial charge in [0.05, 0.1) is 18.8 Å².